The fourth-order valence-electron chi connectivity index (χ4n) is 3.56. The summed E-state index contributed by atoms with van der Waals surface area (Å²) in [6.07, 6.45) is 2.66. The van der Waals surface area contributed by atoms with Crippen molar-refractivity contribution in [3.05, 3.63) is 29.3 Å². The summed E-state index contributed by atoms with van der Waals surface area (Å²) in [5, 5.41) is 0. The number of Topliss-reactive ketones (excluding diaryl/α,β-unsaturated/α-hetero) is 1. The molecule has 0 spiro atoms. The monoisotopic (exact) mass is 288 g/mol. The summed E-state index contributed by atoms with van der Waals surface area (Å²) in [5.74, 6) is 0.994. The molecule has 0 aromatic heterocycles. The molecule has 0 amide bonds. The van der Waals surface area contributed by atoms with Crippen molar-refractivity contribution in [1.29, 1.82) is 0 Å². The van der Waals surface area contributed by atoms with Crippen LogP contribution in [0, 0.1) is 0 Å². The number of benzene rings is 1. The summed E-state index contributed by atoms with van der Waals surface area (Å²) < 4.78 is 5.46. The maximum absolute atomic E-state index is 11.6. The summed E-state index contributed by atoms with van der Waals surface area (Å²) in [6, 6.07) is 6.47. The van der Waals surface area contributed by atoms with Gasteiger partial charge in [0.1, 0.15) is 5.75 Å². The molecule has 0 radical (unpaired) electrons. The van der Waals surface area contributed by atoms with Crippen molar-refractivity contribution in [1.82, 2.24) is 9.80 Å². The van der Waals surface area contributed by atoms with Gasteiger partial charge in [-0.1, -0.05) is 0 Å². The SMILES string of the molecule is COc1ccc(C(C)=O)cc1CN1CCN2CCCC2C1. The van der Waals surface area contributed by atoms with Gasteiger partial charge in [-0.3, -0.25) is 14.6 Å². The van der Waals surface area contributed by atoms with Gasteiger partial charge < -0.3 is 4.74 Å². The molecule has 2 saturated heterocycles. The van der Waals surface area contributed by atoms with Gasteiger partial charge in [0.2, 0.25) is 0 Å². The van der Waals surface area contributed by atoms with Gasteiger partial charge in [0.05, 0.1) is 7.11 Å². The van der Waals surface area contributed by atoms with E-state index in [2.05, 4.69) is 9.80 Å². The highest BCUT2D eigenvalue weighted by Gasteiger charge is 2.30. The molecule has 114 valence electrons. The number of nitrogens with zero attached hydrogens (tertiary/aromatic N) is 2. The Bertz CT molecular complexity index is 530. The zero-order valence-corrected chi connectivity index (χ0v) is 13.0. The molecule has 1 aromatic rings. The van der Waals surface area contributed by atoms with E-state index in [0.717, 1.165) is 42.6 Å². The molecule has 1 atom stereocenters. The van der Waals surface area contributed by atoms with Gasteiger partial charge >= 0.3 is 0 Å². The van der Waals surface area contributed by atoms with Gasteiger partial charge in [-0.25, -0.2) is 0 Å². The number of methoxy groups -OCH3 is 1. The number of piperazine rings is 1. The number of rotatable bonds is 4. The van der Waals surface area contributed by atoms with Gasteiger partial charge in [0.25, 0.3) is 0 Å². The molecule has 4 heteroatoms. The zero-order valence-electron chi connectivity index (χ0n) is 13.0. The molecule has 4 nitrogen and oxygen atoms in total. The first-order chi connectivity index (χ1) is 10.2. The lowest BCUT2D eigenvalue weighted by Gasteiger charge is -2.37. The van der Waals surface area contributed by atoms with Crippen LogP contribution >= 0.6 is 0 Å². The molecular formula is C17H24N2O2. The number of carbonyl (C=O) groups is 1. The summed E-state index contributed by atoms with van der Waals surface area (Å²) in [6.45, 7) is 7.15. The third-order valence-electron chi connectivity index (χ3n) is 4.75. The molecular weight excluding hydrogens is 264 g/mol. The van der Waals surface area contributed by atoms with Gasteiger partial charge in [-0.15, -0.1) is 0 Å². The third-order valence-corrected chi connectivity index (χ3v) is 4.75. The van der Waals surface area contributed by atoms with Crippen molar-refractivity contribution in [3.63, 3.8) is 0 Å². The van der Waals surface area contributed by atoms with E-state index in [1.807, 2.05) is 18.2 Å². The lowest BCUT2D eigenvalue weighted by molar-refractivity contribution is 0.0983. The number of carbonyl (C=O) groups excluding carboxylic acids is 1. The lowest BCUT2D eigenvalue weighted by atomic mass is 10.1. The minimum absolute atomic E-state index is 0.111. The molecule has 0 N–H and O–H groups in total. The average molecular weight is 288 g/mol. The van der Waals surface area contributed by atoms with Gasteiger partial charge in [0, 0.05) is 43.3 Å². The fourth-order valence-corrected chi connectivity index (χ4v) is 3.56. The lowest BCUT2D eigenvalue weighted by Crippen LogP contribution is -2.49. The molecule has 0 bridgehead atoms. The number of hydrogen-bond acceptors (Lipinski definition) is 4. The van der Waals surface area contributed by atoms with E-state index < -0.39 is 0 Å². The van der Waals surface area contributed by atoms with Crippen LogP contribution in [0.4, 0.5) is 0 Å². The Hall–Kier alpha value is -1.39. The van der Waals surface area contributed by atoms with E-state index in [9.17, 15) is 4.79 Å². The fraction of sp³-hybridized carbons (Fsp3) is 0.588. The van der Waals surface area contributed by atoms with Crippen molar-refractivity contribution in [2.45, 2.75) is 32.4 Å². The van der Waals surface area contributed by atoms with Gasteiger partial charge in [-0.05, 0) is 44.5 Å². The second kappa shape index (κ2) is 6.16. The molecule has 2 fully saturated rings. The quantitative estimate of drug-likeness (QED) is 0.795. The van der Waals surface area contributed by atoms with Crippen LogP contribution in [0.2, 0.25) is 0 Å². The minimum Gasteiger partial charge on any atom is -0.496 e. The molecule has 1 unspecified atom stereocenters. The topological polar surface area (TPSA) is 32.8 Å². The molecule has 1 aromatic carbocycles. The van der Waals surface area contributed by atoms with Crippen molar-refractivity contribution in [2.24, 2.45) is 0 Å². The maximum atomic E-state index is 11.6. The molecule has 21 heavy (non-hydrogen) atoms. The van der Waals surface area contributed by atoms with E-state index in [1.165, 1.54) is 25.9 Å². The molecule has 0 aliphatic carbocycles. The van der Waals surface area contributed by atoms with Crippen LogP contribution in [-0.4, -0.2) is 54.9 Å². The van der Waals surface area contributed by atoms with Gasteiger partial charge in [0.15, 0.2) is 5.78 Å². The number of ketones is 1. The van der Waals surface area contributed by atoms with E-state index in [4.69, 9.17) is 4.74 Å². The van der Waals surface area contributed by atoms with E-state index >= 15 is 0 Å². The van der Waals surface area contributed by atoms with Crippen molar-refractivity contribution in [3.8, 4) is 5.75 Å². The molecule has 2 aliphatic rings. The summed E-state index contributed by atoms with van der Waals surface area (Å²) in [7, 11) is 1.70. The second-order valence-corrected chi connectivity index (χ2v) is 6.15. The Labute approximate surface area is 126 Å². The van der Waals surface area contributed by atoms with Crippen LogP contribution in [0.25, 0.3) is 0 Å². The van der Waals surface area contributed by atoms with Gasteiger partial charge in [-0.2, -0.15) is 0 Å². The predicted octanol–water partition coefficient (Wildman–Crippen LogP) is 2.18. The Morgan fingerprint density at radius 2 is 2.19 bits per heavy atom. The van der Waals surface area contributed by atoms with E-state index in [0.29, 0.717) is 0 Å². The average Bonchev–Trinajstić information content (AvgIpc) is 2.94. The zero-order chi connectivity index (χ0) is 14.8. The minimum atomic E-state index is 0.111. The number of hydrogen-bond donors (Lipinski definition) is 0. The van der Waals surface area contributed by atoms with Crippen molar-refractivity contribution >= 4 is 5.78 Å². The first-order valence-corrected chi connectivity index (χ1v) is 7.81. The Morgan fingerprint density at radius 1 is 1.33 bits per heavy atom. The van der Waals surface area contributed by atoms with Crippen LogP contribution in [-0.2, 0) is 6.54 Å². The number of fused-ring (bicyclic) bond motifs is 1. The predicted molar refractivity (Wildman–Crippen MR) is 82.9 cm³/mol. The first kappa shape index (κ1) is 14.5. The van der Waals surface area contributed by atoms with Crippen LogP contribution in [0.3, 0.4) is 0 Å². The van der Waals surface area contributed by atoms with Crippen LogP contribution < -0.4 is 4.74 Å². The van der Waals surface area contributed by atoms with Crippen LogP contribution in [0.1, 0.15) is 35.7 Å². The van der Waals surface area contributed by atoms with Crippen LogP contribution in [0.5, 0.6) is 5.75 Å². The molecule has 3 rings (SSSR count). The summed E-state index contributed by atoms with van der Waals surface area (Å²) >= 11 is 0. The molecule has 2 aliphatic heterocycles. The molecule has 2 heterocycles. The summed E-state index contributed by atoms with van der Waals surface area (Å²) in [5.41, 5.74) is 1.89. The Kier molecular flexibility index (Phi) is 4.27. The Morgan fingerprint density at radius 3 is 2.95 bits per heavy atom. The highest BCUT2D eigenvalue weighted by Crippen LogP contribution is 2.26. The maximum Gasteiger partial charge on any atom is 0.159 e. The van der Waals surface area contributed by atoms with Crippen LogP contribution in [0.15, 0.2) is 18.2 Å². The Balaban J connectivity index is 1.74. The largest absolute Gasteiger partial charge is 0.496 e. The first-order valence-electron chi connectivity index (χ1n) is 7.81. The van der Waals surface area contributed by atoms with E-state index in [1.54, 1.807) is 14.0 Å². The highest BCUT2D eigenvalue weighted by atomic mass is 16.5. The molecule has 0 saturated carbocycles. The highest BCUT2D eigenvalue weighted by molar-refractivity contribution is 5.94. The third kappa shape index (κ3) is 3.11. The summed E-state index contributed by atoms with van der Waals surface area (Å²) in [4.78, 5) is 16.7. The van der Waals surface area contributed by atoms with E-state index in [-0.39, 0.29) is 5.78 Å². The standard InChI is InChI=1S/C17H24N2O2/c1-13(20)14-5-6-17(21-2)15(10-14)11-18-8-9-19-7-3-4-16(19)12-18/h5-6,10,16H,3-4,7-9,11-12H2,1-2H3. The normalized spacial score (nSPS) is 23.0. The van der Waals surface area contributed by atoms with Crippen molar-refractivity contribution < 1.29 is 9.53 Å². The number of ether oxygens (including phenoxy) is 1. The smallest absolute Gasteiger partial charge is 0.159 e. The van der Waals surface area contributed by atoms with Crippen molar-refractivity contribution in [2.75, 3.05) is 33.3 Å². The second-order valence-electron chi connectivity index (χ2n) is 6.15.